The quantitative estimate of drug-likeness (QED) is 0.564. The number of fused-ring (bicyclic) bond motifs is 2. The minimum atomic E-state index is -0.278. The van der Waals surface area contributed by atoms with Crippen molar-refractivity contribution in [1.29, 1.82) is 0 Å². The number of hydrogen-bond acceptors (Lipinski definition) is 4. The zero-order valence-corrected chi connectivity index (χ0v) is 15.5. The summed E-state index contributed by atoms with van der Waals surface area (Å²) < 4.78 is 14.8. The smallest absolute Gasteiger partial charge is 0.260 e. The first kappa shape index (κ1) is 16.9. The van der Waals surface area contributed by atoms with Crippen LogP contribution in [0.1, 0.15) is 0 Å². The fourth-order valence-corrected chi connectivity index (χ4v) is 3.84. The summed E-state index contributed by atoms with van der Waals surface area (Å²) >= 11 is 0. The molecular formula is C21H20FN5O. The van der Waals surface area contributed by atoms with Gasteiger partial charge in [0.2, 0.25) is 0 Å². The van der Waals surface area contributed by atoms with Crippen molar-refractivity contribution in [2.45, 2.75) is 0 Å². The van der Waals surface area contributed by atoms with Crippen molar-refractivity contribution in [2.24, 2.45) is 0 Å². The lowest BCUT2D eigenvalue weighted by molar-refractivity contribution is 0.312. The van der Waals surface area contributed by atoms with Crippen LogP contribution in [0.25, 0.3) is 33.7 Å². The summed E-state index contributed by atoms with van der Waals surface area (Å²) in [7, 11) is 2.07. The average Bonchev–Trinajstić information content (AvgIpc) is 3.12. The van der Waals surface area contributed by atoms with E-state index in [0.717, 1.165) is 37.4 Å². The molecule has 7 heteroatoms. The van der Waals surface area contributed by atoms with Crippen LogP contribution in [0.2, 0.25) is 0 Å². The van der Waals surface area contributed by atoms with Gasteiger partial charge in [-0.1, -0.05) is 24.3 Å². The Balaban J connectivity index is 1.60. The Labute approximate surface area is 161 Å². The second-order valence-corrected chi connectivity index (χ2v) is 7.26. The van der Waals surface area contributed by atoms with E-state index in [1.54, 1.807) is 6.07 Å². The number of nitrogens with zero attached hydrogens (tertiary/aromatic N) is 3. The highest BCUT2D eigenvalue weighted by atomic mass is 19.1. The molecule has 1 fully saturated rings. The SMILES string of the molecule is CN1CCN(c2cc3nc(-c4c5cccccc-5[nH]c4=O)[nH]c3cc2F)CC1. The first-order valence-corrected chi connectivity index (χ1v) is 9.34. The van der Waals surface area contributed by atoms with Gasteiger partial charge in [0, 0.05) is 43.5 Å². The summed E-state index contributed by atoms with van der Waals surface area (Å²) in [4.78, 5) is 27.4. The molecule has 5 rings (SSSR count). The van der Waals surface area contributed by atoms with Gasteiger partial charge in [-0.25, -0.2) is 9.37 Å². The molecule has 142 valence electrons. The number of nitrogens with one attached hydrogen (secondary N) is 2. The Morgan fingerprint density at radius 2 is 1.82 bits per heavy atom. The Hall–Kier alpha value is -3.19. The van der Waals surface area contributed by atoms with Crippen molar-refractivity contribution in [3.8, 4) is 22.6 Å². The van der Waals surface area contributed by atoms with E-state index >= 15 is 0 Å². The van der Waals surface area contributed by atoms with Crippen LogP contribution >= 0.6 is 0 Å². The van der Waals surface area contributed by atoms with E-state index in [-0.39, 0.29) is 11.4 Å². The van der Waals surface area contributed by atoms with Crippen LogP contribution in [0, 0.1) is 5.82 Å². The highest BCUT2D eigenvalue weighted by molar-refractivity contribution is 5.87. The van der Waals surface area contributed by atoms with Crippen LogP contribution in [0.4, 0.5) is 10.1 Å². The summed E-state index contributed by atoms with van der Waals surface area (Å²) in [5.41, 5.74) is 3.60. The fraction of sp³-hybridized carbons (Fsp3) is 0.238. The number of aromatic amines is 2. The van der Waals surface area contributed by atoms with Crippen molar-refractivity contribution in [3.05, 3.63) is 58.6 Å². The van der Waals surface area contributed by atoms with Crippen LogP contribution in [-0.4, -0.2) is 53.1 Å². The lowest BCUT2D eigenvalue weighted by Gasteiger charge is -2.34. The molecular weight excluding hydrogens is 357 g/mol. The zero-order valence-electron chi connectivity index (χ0n) is 15.5. The van der Waals surface area contributed by atoms with E-state index in [1.807, 2.05) is 35.2 Å². The maximum Gasteiger partial charge on any atom is 0.260 e. The third-order valence-corrected chi connectivity index (χ3v) is 5.41. The van der Waals surface area contributed by atoms with Gasteiger partial charge in [0.1, 0.15) is 11.6 Å². The number of H-pyrrole nitrogens is 2. The van der Waals surface area contributed by atoms with Gasteiger partial charge in [0.25, 0.3) is 5.56 Å². The van der Waals surface area contributed by atoms with Gasteiger partial charge in [-0.15, -0.1) is 0 Å². The Morgan fingerprint density at radius 1 is 1.04 bits per heavy atom. The Bertz CT molecular complexity index is 1190. The molecule has 0 atom stereocenters. The molecule has 0 bridgehead atoms. The van der Waals surface area contributed by atoms with Crippen LogP contribution in [0.15, 0.2) is 47.3 Å². The van der Waals surface area contributed by atoms with E-state index in [1.165, 1.54) is 6.07 Å². The molecule has 0 amide bonds. The van der Waals surface area contributed by atoms with Crippen LogP contribution in [0.3, 0.4) is 0 Å². The molecule has 3 aliphatic rings. The van der Waals surface area contributed by atoms with Gasteiger partial charge in [-0.05, 0) is 19.2 Å². The molecule has 6 nitrogen and oxygen atoms in total. The molecule has 1 aliphatic carbocycles. The predicted octanol–water partition coefficient (Wildman–Crippen LogP) is 2.91. The van der Waals surface area contributed by atoms with E-state index in [4.69, 9.17) is 0 Å². The summed E-state index contributed by atoms with van der Waals surface area (Å²) in [5.74, 6) is 0.173. The number of imidazole rings is 1. The number of rotatable bonds is 2. The molecule has 2 aliphatic heterocycles. The predicted molar refractivity (Wildman–Crippen MR) is 108 cm³/mol. The molecule has 3 heterocycles. The number of anilines is 1. The van der Waals surface area contributed by atoms with Gasteiger partial charge < -0.3 is 19.8 Å². The minimum Gasteiger partial charge on any atom is -0.367 e. The van der Waals surface area contributed by atoms with Gasteiger partial charge in [0.05, 0.1) is 22.3 Å². The standard InChI is InChI=1S/C21H20FN5O/c1-26-7-9-27(10-8-26)18-12-17-16(11-14(18)22)23-20(24-17)19-13-5-3-2-4-6-15(13)25-21(19)28/h2-6,11-12H,7-10H2,1H3,(H,23,24)(H,25,28). The van der Waals surface area contributed by atoms with Gasteiger partial charge in [-0.2, -0.15) is 0 Å². The minimum absolute atomic E-state index is 0.208. The molecule has 0 spiro atoms. The summed E-state index contributed by atoms with van der Waals surface area (Å²) in [6.07, 6.45) is 0. The van der Waals surface area contributed by atoms with E-state index < -0.39 is 0 Å². The largest absolute Gasteiger partial charge is 0.367 e. The number of piperazine rings is 1. The van der Waals surface area contributed by atoms with Gasteiger partial charge in [0.15, 0.2) is 0 Å². The van der Waals surface area contributed by atoms with Crippen molar-refractivity contribution in [1.82, 2.24) is 19.9 Å². The molecule has 2 N–H and O–H groups in total. The maximum absolute atomic E-state index is 14.8. The number of aromatic nitrogens is 3. The van der Waals surface area contributed by atoms with Crippen molar-refractivity contribution >= 4 is 16.7 Å². The number of halogens is 1. The molecule has 0 saturated carbocycles. The van der Waals surface area contributed by atoms with Crippen LogP contribution in [-0.2, 0) is 0 Å². The first-order chi connectivity index (χ1) is 13.6. The van der Waals surface area contributed by atoms with Crippen LogP contribution < -0.4 is 10.5 Å². The first-order valence-electron chi connectivity index (χ1n) is 9.34. The van der Waals surface area contributed by atoms with E-state index in [9.17, 15) is 9.18 Å². The van der Waals surface area contributed by atoms with Crippen molar-refractivity contribution in [2.75, 3.05) is 38.1 Å². The second kappa shape index (κ2) is 6.45. The number of likely N-dealkylation sites (N-methyl/N-ethyl adjacent to an activating group) is 1. The van der Waals surface area contributed by atoms with Crippen molar-refractivity contribution in [3.63, 3.8) is 0 Å². The van der Waals surface area contributed by atoms with Crippen LogP contribution in [0.5, 0.6) is 0 Å². The molecule has 0 radical (unpaired) electrons. The fourth-order valence-electron chi connectivity index (χ4n) is 3.84. The number of benzene rings is 1. The third-order valence-electron chi connectivity index (χ3n) is 5.41. The number of hydrogen-bond donors (Lipinski definition) is 2. The highest BCUT2D eigenvalue weighted by Gasteiger charge is 2.21. The normalized spacial score (nSPS) is 15.6. The summed E-state index contributed by atoms with van der Waals surface area (Å²) in [6, 6.07) is 12.6. The summed E-state index contributed by atoms with van der Waals surface area (Å²) in [6.45, 7) is 3.35. The molecule has 1 aromatic carbocycles. The highest BCUT2D eigenvalue weighted by Crippen LogP contribution is 2.31. The maximum atomic E-state index is 14.8. The molecule has 1 aromatic heterocycles. The monoisotopic (exact) mass is 377 g/mol. The molecule has 0 unspecified atom stereocenters. The Kier molecular flexibility index (Phi) is 3.91. The zero-order chi connectivity index (χ0) is 19.3. The summed E-state index contributed by atoms with van der Waals surface area (Å²) in [5, 5.41) is 0. The van der Waals surface area contributed by atoms with E-state index in [0.29, 0.717) is 28.1 Å². The lowest BCUT2D eigenvalue weighted by Crippen LogP contribution is -2.44. The van der Waals surface area contributed by atoms with E-state index in [2.05, 4.69) is 26.9 Å². The molecule has 28 heavy (non-hydrogen) atoms. The van der Waals surface area contributed by atoms with Gasteiger partial charge >= 0.3 is 0 Å². The average molecular weight is 377 g/mol. The third kappa shape index (κ3) is 2.75. The molecule has 2 aromatic rings. The van der Waals surface area contributed by atoms with Crippen molar-refractivity contribution < 1.29 is 4.39 Å². The molecule has 1 saturated heterocycles. The second-order valence-electron chi connectivity index (χ2n) is 7.26. The lowest BCUT2D eigenvalue weighted by atomic mass is 10.1. The van der Waals surface area contributed by atoms with Gasteiger partial charge in [-0.3, -0.25) is 4.79 Å². The topological polar surface area (TPSA) is 68.0 Å². The Morgan fingerprint density at radius 3 is 2.64 bits per heavy atom.